The first-order valence-corrected chi connectivity index (χ1v) is 7.16. The van der Waals surface area contributed by atoms with Gasteiger partial charge in [0, 0.05) is 21.9 Å². The molecule has 19 heavy (non-hydrogen) atoms. The van der Waals surface area contributed by atoms with Crippen molar-refractivity contribution in [3.8, 4) is 11.3 Å². The lowest BCUT2D eigenvalue weighted by Crippen LogP contribution is -2.22. The van der Waals surface area contributed by atoms with E-state index in [9.17, 15) is 5.11 Å². The van der Waals surface area contributed by atoms with Crippen LogP contribution in [0.5, 0.6) is 0 Å². The highest BCUT2D eigenvalue weighted by Crippen LogP contribution is 2.25. The second kappa shape index (κ2) is 5.60. The molecule has 0 fully saturated rings. The summed E-state index contributed by atoms with van der Waals surface area (Å²) in [7, 11) is 0. The minimum absolute atomic E-state index is 0.0194. The lowest BCUT2D eigenvalue weighted by Gasteiger charge is -2.17. The monoisotopic (exact) mass is 372 g/mol. The molecule has 4 nitrogen and oxygen atoms in total. The highest BCUT2D eigenvalue weighted by Gasteiger charge is 2.23. The molecule has 5 heteroatoms. The molecule has 0 radical (unpaired) electrons. The maximum Gasteiger partial charge on any atom is 0.141 e. The zero-order valence-electron chi connectivity index (χ0n) is 11.0. The smallest absolute Gasteiger partial charge is 0.141 e. The van der Waals surface area contributed by atoms with Gasteiger partial charge < -0.3 is 14.8 Å². The van der Waals surface area contributed by atoms with Gasteiger partial charge >= 0.3 is 0 Å². The Hall–Kier alpha value is -0.920. The molecule has 0 saturated carbocycles. The van der Waals surface area contributed by atoms with Gasteiger partial charge in [-0.05, 0) is 48.6 Å². The number of aliphatic hydroxyl groups excluding tert-OH is 1. The van der Waals surface area contributed by atoms with Gasteiger partial charge in [-0.15, -0.1) is 0 Å². The van der Waals surface area contributed by atoms with E-state index in [0.717, 1.165) is 11.3 Å². The molecule has 2 N–H and O–H groups in total. The first-order valence-electron chi connectivity index (χ1n) is 6.08. The fourth-order valence-electron chi connectivity index (χ4n) is 1.94. The Morgan fingerprint density at radius 1 is 1.26 bits per heavy atom. The number of hydrogen-bond donors (Lipinski definition) is 2. The second-order valence-electron chi connectivity index (χ2n) is 4.93. The van der Waals surface area contributed by atoms with Gasteiger partial charge in [0.1, 0.15) is 11.4 Å². The van der Waals surface area contributed by atoms with Gasteiger partial charge in [-0.1, -0.05) is 12.1 Å². The quantitative estimate of drug-likeness (QED) is 0.811. The van der Waals surface area contributed by atoms with Gasteiger partial charge in [0.15, 0.2) is 0 Å². The minimum Gasteiger partial charge on any atom is -0.395 e. The lowest BCUT2D eigenvalue weighted by molar-refractivity contribution is 0.0637. The van der Waals surface area contributed by atoms with Crippen LogP contribution in [-0.4, -0.2) is 26.4 Å². The zero-order chi connectivity index (χ0) is 14.0. The largest absolute Gasteiger partial charge is 0.395 e. The molecule has 0 saturated heterocycles. The standard InChI is InChI=1S/C14H17IN2O2/c1-14(2,19)13-16-12(9-17(13)7-8-18)10-3-5-11(15)6-4-10/h3-6,9,18-19H,7-8H2,1-2H3. The molecule has 102 valence electrons. The fourth-order valence-corrected chi connectivity index (χ4v) is 2.30. The fraction of sp³-hybridized carbons (Fsp3) is 0.357. The van der Waals surface area contributed by atoms with Crippen LogP contribution in [0.3, 0.4) is 0 Å². The molecule has 1 aromatic heterocycles. The second-order valence-corrected chi connectivity index (χ2v) is 6.18. The van der Waals surface area contributed by atoms with E-state index >= 15 is 0 Å². The number of benzene rings is 1. The molecule has 2 rings (SSSR count). The Morgan fingerprint density at radius 2 is 1.89 bits per heavy atom. The molecule has 0 aliphatic rings. The molecular formula is C14H17IN2O2. The average Bonchev–Trinajstić information content (AvgIpc) is 2.74. The van der Waals surface area contributed by atoms with Gasteiger partial charge in [-0.3, -0.25) is 0 Å². The summed E-state index contributed by atoms with van der Waals surface area (Å²) in [5.74, 6) is 0.565. The third-order valence-electron chi connectivity index (χ3n) is 2.80. The van der Waals surface area contributed by atoms with Crippen molar-refractivity contribution in [1.82, 2.24) is 9.55 Å². The van der Waals surface area contributed by atoms with Crippen molar-refractivity contribution in [2.45, 2.75) is 26.0 Å². The van der Waals surface area contributed by atoms with Crippen LogP contribution in [0.1, 0.15) is 19.7 Å². The summed E-state index contributed by atoms with van der Waals surface area (Å²) in [4.78, 5) is 4.50. The van der Waals surface area contributed by atoms with Crippen molar-refractivity contribution in [3.05, 3.63) is 39.9 Å². The number of hydrogen-bond acceptors (Lipinski definition) is 3. The topological polar surface area (TPSA) is 58.3 Å². The Labute approximate surface area is 126 Å². The van der Waals surface area contributed by atoms with Crippen molar-refractivity contribution in [1.29, 1.82) is 0 Å². The lowest BCUT2D eigenvalue weighted by atomic mass is 10.1. The van der Waals surface area contributed by atoms with Crippen LogP contribution in [-0.2, 0) is 12.1 Å². The highest BCUT2D eigenvalue weighted by atomic mass is 127. The van der Waals surface area contributed by atoms with E-state index in [-0.39, 0.29) is 6.61 Å². The van der Waals surface area contributed by atoms with Gasteiger partial charge in [-0.2, -0.15) is 0 Å². The normalized spacial score (nSPS) is 11.8. The van der Waals surface area contributed by atoms with Gasteiger partial charge in [-0.25, -0.2) is 4.98 Å². The molecule has 0 atom stereocenters. The minimum atomic E-state index is -1.03. The van der Waals surface area contributed by atoms with Crippen LogP contribution in [0.15, 0.2) is 30.5 Å². The number of aliphatic hydroxyl groups is 2. The molecule has 0 unspecified atom stereocenters. The maximum atomic E-state index is 10.1. The van der Waals surface area contributed by atoms with Gasteiger partial charge in [0.2, 0.25) is 0 Å². The number of rotatable bonds is 4. The Morgan fingerprint density at radius 3 is 2.42 bits per heavy atom. The summed E-state index contributed by atoms with van der Waals surface area (Å²) in [6.45, 7) is 3.84. The van der Waals surface area contributed by atoms with Crippen LogP contribution in [0.2, 0.25) is 0 Å². The average molecular weight is 372 g/mol. The van der Waals surface area contributed by atoms with E-state index in [4.69, 9.17) is 5.11 Å². The number of halogens is 1. The van der Waals surface area contributed by atoms with Gasteiger partial charge in [0.25, 0.3) is 0 Å². The molecule has 0 aliphatic carbocycles. The summed E-state index contributed by atoms with van der Waals surface area (Å²) >= 11 is 2.26. The predicted octanol–water partition coefficient (Wildman–Crippen LogP) is 2.37. The summed E-state index contributed by atoms with van der Waals surface area (Å²) < 4.78 is 2.96. The van der Waals surface area contributed by atoms with Crippen LogP contribution >= 0.6 is 22.6 Å². The van der Waals surface area contributed by atoms with Crippen LogP contribution in [0, 0.1) is 3.57 Å². The third kappa shape index (κ3) is 3.34. The van der Waals surface area contributed by atoms with E-state index < -0.39 is 5.60 Å². The maximum absolute atomic E-state index is 10.1. The van der Waals surface area contributed by atoms with Crippen molar-refractivity contribution in [2.24, 2.45) is 0 Å². The van der Waals surface area contributed by atoms with E-state index in [1.165, 1.54) is 3.57 Å². The van der Waals surface area contributed by atoms with Crippen molar-refractivity contribution >= 4 is 22.6 Å². The first kappa shape index (κ1) is 14.5. The van der Waals surface area contributed by atoms with Crippen LogP contribution in [0.4, 0.5) is 0 Å². The predicted molar refractivity (Wildman–Crippen MR) is 82.7 cm³/mol. The van der Waals surface area contributed by atoms with Crippen LogP contribution < -0.4 is 0 Å². The van der Waals surface area contributed by atoms with E-state index in [1.807, 2.05) is 30.5 Å². The molecule has 0 bridgehead atoms. The zero-order valence-corrected chi connectivity index (χ0v) is 13.1. The Bertz CT molecular complexity index is 556. The summed E-state index contributed by atoms with van der Waals surface area (Å²) in [6.07, 6.45) is 1.87. The number of aromatic nitrogens is 2. The van der Waals surface area contributed by atoms with E-state index in [2.05, 4.69) is 27.6 Å². The van der Waals surface area contributed by atoms with Gasteiger partial charge in [0.05, 0.1) is 12.3 Å². The molecule has 2 aromatic rings. The van der Waals surface area contributed by atoms with Crippen molar-refractivity contribution in [3.63, 3.8) is 0 Å². The number of imidazole rings is 1. The molecule has 1 heterocycles. The van der Waals surface area contributed by atoms with E-state index in [1.54, 1.807) is 18.4 Å². The molecule has 0 spiro atoms. The molecular weight excluding hydrogens is 355 g/mol. The highest BCUT2D eigenvalue weighted by molar-refractivity contribution is 14.1. The van der Waals surface area contributed by atoms with Crippen molar-refractivity contribution in [2.75, 3.05) is 6.61 Å². The van der Waals surface area contributed by atoms with E-state index in [0.29, 0.717) is 12.4 Å². The first-order chi connectivity index (χ1) is 8.91. The summed E-state index contributed by atoms with van der Waals surface area (Å²) in [5.41, 5.74) is 0.779. The molecule has 0 aliphatic heterocycles. The van der Waals surface area contributed by atoms with Crippen molar-refractivity contribution < 1.29 is 10.2 Å². The molecule has 0 amide bonds. The summed E-state index contributed by atoms with van der Waals surface area (Å²) in [5, 5.41) is 19.2. The van der Waals surface area contributed by atoms with Crippen LogP contribution in [0.25, 0.3) is 11.3 Å². The Kier molecular flexibility index (Phi) is 4.27. The molecule has 1 aromatic carbocycles. The SMILES string of the molecule is CC(C)(O)c1nc(-c2ccc(I)cc2)cn1CCO. The Balaban J connectivity index is 2.45. The summed E-state index contributed by atoms with van der Waals surface area (Å²) in [6, 6.07) is 8.04. The third-order valence-corrected chi connectivity index (χ3v) is 3.52. The number of nitrogens with zero attached hydrogens (tertiary/aromatic N) is 2.